The summed E-state index contributed by atoms with van der Waals surface area (Å²) in [6, 6.07) is 7.62. The number of quaternary nitrogens is 1. The number of carbonyl (C=O) groups is 2. The quantitative estimate of drug-likeness (QED) is 0.637. The van der Waals surface area contributed by atoms with Gasteiger partial charge in [0.05, 0.1) is 38.3 Å². The van der Waals surface area contributed by atoms with Gasteiger partial charge in [-0.3, -0.25) is 9.59 Å². The monoisotopic (exact) mass is 300 g/mol. The van der Waals surface area contributed by atoms with Crippen LogP contribution in [0.4, 0.5) is 0 Å². The van der Waals surface area contributed by atoms with E-state index in [9.17, 15) is 9.59 Å². The molecule has 2 N–H and O–H groups in total. The molecule has 5 nitrogen and oxygen atoms in total. The van der Waals surface area contributed by atoms with E-state index in [0.717, 1.165) is 36.2 Å². The Kier molecular flexibility index (Phi) is 3.98. The number of amides is 1. The number of aryl methyl sites for hydroxylation is 1. The van der Waals surface area contributed by atoms with Gasteiger partial charge < -0.3 is 14.8 Å². The Hall–Kier alpha value is -2.14. The predicted molar refractivity (Wildman–Crippen MR) is 85.2 cm³/mol. The number of H-pyrrole nitrogens is 1. The Bertz CT molecular complexity index is 712. The molecule has 0 bridgehead atoms. The first kappa shape index (κ1) is 14.8. The van der Waals surface area contributed by atoms with Gasteiger partial charge in [-0.05, 0) is 19.9 Å². The van der Waals surface area contributed by atoms with Crippen molar-refractivity contribution in [3.8, 4) is 0 Å². The number of para-hydroxylation sites is 1. The van der Waals surface area contributed by atoms with E-state index in [4.69, 9.17) is 0 Å². The second kappa shape index (κ2) is 5.93. The fourth-order valence-electron chi connectivity index (χ4n) is 3.20. The first-order valence-corrected chi connectivity index (χ1v) is 7.86. The molecule has 1 aromatic carbocycles. The highest BCUT2D eigenvalue weighted by molar-refractivity contribution is 6.45. The van der Waals surface area contributed by atoms with Crippen LogP contribution in [0.25, 0.3) is 10.9 Å². The lowest BCUT2D eigenvalue weighted by Gasteiger charge is -2.31. The van der Waals surface area contributed by atoms with Crippen LogP contribution < -0.4 is 4.90 Å². The average Bonchev–Trinajstić information content (AvgIpc) is 2.89. The van der Waals surface area contributed by atoms with Gasteiger partial charge in [0.1, 0.15) is 0 Å². The van der Waals surface area contributed by atoms with Gasteiger partial charge in [-0.25, -0.2) is 0 Å². The summed E-state index contributed by atoms with van der Waals surface area (Å²) in [6.45, 7) is 8.22. The van der Waals surface area contributed by atoms with Crippen LogP contribution in [0.3, 0.4) is 0 Å². The molecule has 1 fully saturated rings. The Labute approximate surface area is 129 Å². The maximum Gasteiger partial charge on any atom is 0.295 e. The van der Waals surface area contributed by atoms with Crippen molar-refractivity contribution >= 4 is 22.6 Å². The molecule has 5 heteroatoms. The lowest BCUT2D eigenvalue weighted by atomic mass is 10.1. The van der Waals surface area contributed by atoms with Crippen LogP contribution in [0.5, 0.6) is 0 Å². The smallest absolute Gasteiger partial charge is 0.295 e. The lowest BCUT2D eigenvalue weighted by Crippen LogP contribution is -3.14. The molecule has 2 heterocycles. The summed E-state index contributed by atoms with van der Waals surface area (Å²) in [7, 11) is 0. The number of hydrogen-bond donors (Lipinski definition) is 2. The molecule has 116 valence electrons. The maximum atomic E-state index is 12.7. The third-order valence-electron chi connectivity index (χ3n) is 4.57. The number of aromatic nitrogens is 1. The number of rotatable bonds is 3. The van der Waals surface area contributed by atoms with E-state index in [1.807, 2.05) is 31.2 Å². The van der Waals surface area contributed by atoms with Crippen molar-refractivity contribution in [3.05, 3.63) is 35.5 Å². The second-order valence-electron chi connectivity index (χ2n) is 5.90. The number of likely N-dealkylation sites (N-methyl/N-ethyl adjacent to an activating group) is 1. The van der Waals surface area contributed by atoms with Crippen LogP contribution in [-0.4, -0.2) is 54.3 Å². The van der Waals surface area contributed by atoms with Crippen molar-refractivity contribution in [1.29, 1.82) is 0 Å². The number of nitrogens with zero attached hydrogens (tertiary/aromatic N) is 1. The molecule has 1 amide bonds. The summed E-state index contributed by atoms with van der Waals surface area (Å²) in [5.74, 6) is -0.766. The number of piperazine rings is 1. The van der Waals surface area contributed by atoms with E-state index in [1.54, 1.807) is 4.90 Å². The zero-order valence-corrected chi connectivity index (χ0v) is 13.1. The van der Waals surface area contributed by atoms with Crippen LogP contribution in [-0.2, 0) is 4.79 Å². The molecule has 0 unspecified atom stereocenters. The standard InChI is InChI=1S/C17H21N3O2/c1-3-19-8-10-20(11-9-19)17(22)16(21)15-12(2)18-14-7-5-4-6-13(14)15/h4-7,18H,3,8-11H2,1-2H3/p+1. The van der Waals surface area contributed by atoms with Crippen molar-refractivity contribution in [2.45, 2.75) is 13.8 Å². The van der Waals surface area contributed by atoms with Gasteiger partial charge in [-0.2, -0.15) is 0 Å². The first-order chi connectivity index (χ1) is 10.6. The summed E-state index contributed by atoms with van der Waals surface area (Å²) < 4.78 is 0. The fraction of sp³-hybridized carbons (Fsp3) is 0.412. The van der Waals surface area contributed by atoms with Crippen LogP contribution in [0, 0.1) is 6.92 Å². The van der Waals surface area contributed by atoms with Crippen LogP contribution in [0.1, 0.15) is 23.0 Å². The van der Waals surface area contributed by atoms with Crippen molar-refractivity contribution in [2.24, 2.45) is 0 Å². The summed E-state index contributed by atoms with van der Waals surface area (Å²) in [6.07, 6.45) is 0. The number of nitrogens with one attached hydrogen (secondary N) is 2. The topological polar surface area (TPSA) is 57.6 Å². The number of benzene rings is 1. The van der Waals surface area contributed by atoms with Crippen LogP contribution >= 0.6 is 0 Å². The van der Waals surface area contributed by atoms with Gasteiger partial charge in [-0.1, -0.05) is 18.2 Å². The van der Waals surface area contributed by atoms with Crippen molar-refractivity contribution in [3.63, 3.8) is 0 Å². The van der Waals surface area contributed by atoms with Gasteiger partial charge in [0.2, 0.25) is 0 Å². The molecule has 1 aliphatic heterocycles. The molecule has 1 aliphatic rings. The number of carbonyl (C=O) groups excluding carboxylic acids is 2. The van der Waals surface area contributed by atoms with E-state index in [2.05, 4.69) is 11.9 Å². The molecule has 22 heavy (non-hydrogen) atoms. The van der Waals surface area contributed by atoms with Gasteiger partial charge in [0, 0.05) is 16.6 Å². The van der Waals surface area contributed by atoms with Crippen molar-refractivity contribution < 1.29 is 14.5 Å². The Balaban J connectivity index is 1.84. The third-order valence-corrected chi connectivity index (χ3v) is 4.57. The maximum absolute atomic E-state index is 12.7. The second-order valence-corrected chi connectivity index (χ2v) is 5.90. The van der Waals surface area contributed by atoms with Crippen molar-refractivity contribution in [1.82, 2.24) is 9.88 Å². The largest absolute Gasteiger partial charge is 0.358 e. The SMILES string of the molecule is CC[NH+]1CCN(C(=O)C(=O)c2c(C)[nH]c3ccccc23)CC1. The normalized spacial score (nSPS) is 16.2. The molecule has 0 spiro atoms. The molecule has 0 atom stereocenters. The molecular weight excluding hydrogens is 278 g/mol. The first-order valence-electron chi connectivity index (χ1n) is 7.86. The number of Topliss-reactive ketones (excluding diaryl/α,β-unsaturated/α-hetero) is 1. The van der Waals surface area contributed by atoms with Gasteiger partial charge in [-0.15, -0.1) is 0 Å². The van der Waals surface area contributed by atoms with E-state index in [1.165, 1.54) is 4.90 Å². The molecule has 1 saturated heterocycles. The predicted octanol–water partition coefficient (Wildman–Crippen LogP) is 0.406. The van der Waals surface area contributed by atoms with E-state index < -0.39 is 5.78 Å². The third kappa shape index (κ3) is 2.52. The molecule has 1 aromatic heterocycles. The highest BCUT2D eigenvalue weighted by Gasteiger charge is 2.30. The molecule has 0 aliphatic carbocycles. The summed E-state index contributed by atoms with van der Waals surface area (Å²) in [5.41, 5.74) is 2.18. The number of ketones is 1. The fourth-order valence-corrected chi connectivity index (χ4v) is 3.20. The van der Waals surface area contributed by atoms with Gasteiger partial charge in [0.15, 0.2) is 0 Å². The van der Waals surface area contributed by atoms with E-state index >= 15 is 0 Å². The highest BCUT2D eigenvalue weighted by atomic mass is 16.2. The molecule has 0 saturated carbocycles. The number of fused-ring (bicyclic) bond motifs is 1. The molecular formula is C17H22N3O2+. The van der Waals surface area contributed by atoms with Crippen LogP contribution in [0.2, 0.25) is 0 Å². The minimum absolute atomic E-state index is 0.372. The van der Waals surface area contributed by atoms with Crippen LogP contribution in [0.15, 0.2) is 24.3 Å². The van der Waals surface area contributed by atoms with Gasteiger partial charge in [0.25, 0.3) is 11.7 Å². The zero-order valence-electron chi connectivity index (χ0n) is 13.1. The highest BCUT2D eigenvalue weighted by Crippen LogP contribution is 2.22. The Morgan fingerprint density at radius 3 is 2.59 bits per heavy atom. The zero-order chi connectivity index (χ0) is 15.7. The van der Waals surface area contributed by atoms with E-state index in [-0.39, 0.29) is 5.91 Å². The summed E-state index contributed by atoms with van der Waals surface area (Å²) >= 11 is 0. The molecule has 0 radical (unpaired) electrons. The summed E-state index contributed by atoms with van der Waals surface area (Å²) in [5, 5.41) is 0.830. The number of hydrogen-bond acceptors (Lipinski definition) is 2. The Morgan fingerprint density at radius 2 is 1.91 bits per heavy atom. The van der Waals surface area contributed by atoms with Gasteiger partial charge >= 0.3 is 0 Å². The summed E-state index contributed by atoms with van der Waals surface area (Å²) in [4.78, 5) is 31.6. The van der Waals surface area contributed by atoms with Crippen molar-refractivity contribution in [2.75, 3.05) is 32.7 Å². The molecule has 2 aromatic rings. The minimum Gasteiger partial charge on any atom is -0.358 e. The molecule has 3 rings (SSSR count). The minimum atomic E-state index is -0.394. The number of aromatic amines is 1. The Morgan fingerprint density at radius 1 is 1.23 bits per heavy atom. The average molecular weight is 300 g/mol. The van der Waals surface area contributed by atoms with E-state index in [0.29, 0.717) is 18.7 Å². The lowest BCUT2D eigenvalue weighted by molar-refractivity contribution is -0.902.